The summed E-state index contributed by atoms with van der Waals surface area (Å²) in [5.74, 6) is 0.302. The Hall–Kier alpha value is -1.96. The molecule has 0 bridgehead atoms. The Bertz CT molecular complexity index is 562. The van der Waals surface area contributed by atoms with Crippen molar-refractivity contribution in [3.8, 4) is 0 Å². The van der Waals surface area contributed by atoms with Crippen LogP contribution in [0.1, 0.15) is 10.7 Å². The Morgan fingerprint density at radius 3 is 3.00 bits per heavy atom. The Labute approximate surface area is 108 Å². The average Bonchev–Trinajstić information content (AvgIpc) is 2.85. The molecule has 1 N–H and O–H groups in total. The molecule has 0 aromatic carbocycles. The van der Waals surface area contributed by atoms with Gasteiger partial charge in [0.2, 0.25) is 5.82 Å². The second-order valence-corrected chi connectivity index (χ2v) is 4.80. The smallest absolute Gasteiger partial charge is 0.330 e. The van der Waals surface area contributed by atoms with E-state index in [9.17, 15) is 10.1 Å². The molecule has 2 aromatic rings. The van der Waals surface area contributed by atoms with E-state index in [1.807, 2.05) is 12.3 Å². The zero-order valence-electron chi connectivity index (χ0n) is 10.1. The first-order valence-corrected chi connectivity index (χ1v) is 6.27. The van der Waals surface area contributed by atoms with Crippen molar-refractivity contribution in [2.24, 2.45) is 7.05 Å². The molecule has 2 rings (SSSR count). The second-order valence-electron chi connectivity index (χ2n) is 3.85. The van der Waals surface area contributed by atoms with Gasteiger partial charge in [0.05, 0.1) is 9.93 Å². The number of rotatable bonds is 5. The molecule has 2 aromatic heterocycles. The predicted octanol–water partition coefficient (Wildman–Crippen LogP) is 1.75. The summed E-state index contributed by atoms with van der Waals surface area (Å²) in [6.07, 6.45) is 2.11. The van der Waals surface area contributed by atoms with Gasteiger partial charge in [-0.1, -0.05) is 0 Å². The van der Waals surface area contributed by atoms with E-state index in [0.29, 0.717) is 12.4 Å². The maximum Gasteiger partial charge on any atom is 0.330 e. The Balaban J connectivity index is 1.96. The molecule has 0 saturated carbocycles. The van der Waals surface area contributed by atoms with E-state index in [4.69, 9.17) is 0 Å². The van der Waals surface area contributed by atoms with E-state index in [-0.39, 0.29) is 5.69 Å². The number of anilines is 1. The van der Waals surface area contributed by atoms with Gasteiger partial charge in [-0.3, -0.25) is 14.8 Å². The van der Waals surface area contributed by atoms with Crippen molar-refractivity contribution in [1.29, 1.82) is 0 Å². The number of nitro groups is 1. The molecule has 0 aliphatic rings. The lowest BCUT2D eigenvalue weighted by molar-refractivity contribution is -0.384. The molecule has 0 saturated heterocycles. The Morgan fingerprint density at radius 1 is 1.61 bits per heavy atom. The fourth-order valence-electron chi connectivity index (χ4n) is 1.54. The van der Waals surface area contributed by atoms with Crippen LogP contribution in [-0.4, -0.2) is 26.2 Å². The first-order chi connectivity index (χ1) is 8.56. The normalized spacial score (nSPS) is 10.6. The Morgan fingerprint density at radius 2 is 2.39 bits per heavy atom. The minimum absolute atomic E-state index is 0.00665. The number of aryl methyl sites for hydroxylation is 2. The maximum absolute atomic E-state index is 10.8. The van der Waals surface area contributed by atoms with Gasteiger partial charge in [-0.15, -0.1) is 16.4 Å². The van der Waals surface area contributed by atoms with Crippen molar-refractivity contribution in [3.05, 3.63) is 32.4 Å². The molecule has 0 aliphatic heterocycles. The summed E-state index contributed by atoms with van der Waals surface area (Å²) in [7, 11) is 1.66. The number of nitrogens with zero attached hydrogens (tertiary/aromatic N) is 4. The van der Waals surface area contributed by atoms with Crippen LogP contribution in [0.5, 0.6) is 0 Å². The standard InChI is InChI=1S/C10H13N5O2S/c1-7-6-18-9(12-7)3-4-11-10-8(15(16)17)5-14(2)13-10/h5-6H,3-4H2,1-2H3,(H,11,13). The molecule has 0 amide bonds. The van der Waals surface area contributed by atoms with Crippen LogP contribution < -0.4 is 5.32 Å². The summed E-state index contributed by atoms with van der Waals surface area (Å²) >= 11 is 1.59. The van der Waals surface area contributed by atoms with Crippen LogP contribution in [0, 0.1) is 17.0 Å². The summed E-state index contributed by atoms with van der Waals surface area (Å²) in [6, 6.07) is 0. The van der Waals surface area contributed by atoms with Crippen LogP contribution in [0.3, 0.4) is 0 Å². The second kappa shape index (κ2) is 5.13. The summed E-state index contributed by atoms with van der Waals surface area (Å²) in [4.78, 5) is 14.7. The average molecular weight is 267 g/mol. The van der Waals surface area contributed by atoms with E-state index < -0.39 is 4.92 Å². The lowest BCUT2D eigenvalue weighted by Crippen LogP contribution is -2.07. The van der Waals surface area contributed by atoms with Crippen molar-refractivity contribution >= 4 is 22.8 Å². The number of aromatic nitrogens is 3. The van der Waals surface area contributed by atoms with Gasteiger partial charge in [0.15, 0.2) is 0 Å². The predicted molar refractivity (Wildman–Crippen MR) is 68.9 cm³/mol. The first-order valence-electron chi connectivity index (χ1n) is 5.39. The summed E-state index contributed by atoms with van der Waals surface area (Å²) < 4.78 is 1.42. The third-order valence-corrected chi connectivity index (χ3v) is 3.33. The highest BCUT2D eigenvalue weighted by Crippen LogP contribution is 2.21. The fourth-order valence-corrected chi connectivity index (χ4v) is 2.32. The summed E-state index contributed by atoms with van der Waals surface area (Å²) in [5, 5.41) is 20.8. The van der Waals surface area contributed by atoms with Crippen molar-refractivity contribution in [3.63, 3.8) is 0 Å². The van der Waals surface area contributed by atoms with Crippen molar-refractivity contribution in [2.75, 3.05) is 11.9 Å². The summed E-state index contributed by atoms with van der Waals surface area (Å²) in [6.45, 7) is 2.52. The van der Waals surface area contributed by atoms with Crippen molar-refractivity contribution in [1.82, 2.24) is 14.8 Å². The number of thiazole rings is 1. The molecule has 8 heteroatoms. The number of hydrogen-bond acceptors (Lipinski definition) is 6. The highest BCUT2D eigenvalue weighted by atomic mass is 32.1. The van der Waals surface area contributed by atoms with E-state index >= 15 is 0 Å². The van der Waals surface area contributed by atoms with Crippen LogP contribution in [0.2, 0.25) is 0 Å². The molecule has 0 unspecified atom stereocenters. The third-order valence-electron chi connectivity index (χ3n) is 2.30. The SMILES string of the molecule is Cc1csc(CCNc2nn(C)cc2[N+](=O)[O-])n1. The van der Waals surface area contributed by atoms with Gasteiger partial charge in [0.1, 0.15) is 6.20 Å². The molecular weight excluding hydrogens is 254 g/mol. The van der Waals surface area contributed by atoms with E-state index in [0.717, 1.165) is 17.1 Å². The highest BCUT2D eigenvalue weighted by Gasteiger charge is 2.17. The van der Waals surface area contributed by atoms with Crippen LogP contribution in [0.25, 0.3) is 0 Å². The quantitative estimate of drug-likeness (QED) is 0.658. The molecular formula is C10H13N5O2S. The molecule has 0 fully saturated rings. The lowest BCUT2D eigenvalue weighted by Gasteiger charge is -2.00. The largest absolute Gasteiger partial charge is 0.362 e. The van der Waals surface area contributed by atoms with E-state index in [2.05, 4.69) is 15.4 Å². The minimum Gasteiger partial charge on any atom is -0.362 e. The topological polar surface area (TPSA) is 85.9 Å². The van der Waals surface area contributed by atoms with E-state index in [1.54, 1.807) is 18.4 Å². The number of nitrogens with one attached hydrogen (secondary N) is 1. The van der Waals surface area contributed by atoms with Gasteiger partial charge in [-0.25, -0.2) is 4.98 Å². The van der Waals surface area contributed by atoms with Crippen LogP contribution in [0.15, 0.2) is 11.6 Å². The maximum atomic E-state index is 10.8. The van der Waals surface area contributed by atoms with Crippen LogP contribution in [-0.2, 0) is 13.5 Å². The summed E-state index contributed by atoms with van der Waals surface area (Å²) in [5.41, 5.74) is 0.992. The van der Waals surface area contributed by atoms with Crippen LogP contribution >= 0.6 is 11.3 Å². The molecule has 96 valence electrons. The molecule has 0 spiro atoms. The Kier molecular flexibility index (Phi) is 3.56. The molecule has 18 heavy (non-hydrogen) atoms. The zero-order chi connectivity index (χ0) is 13.1. The fraction of sp³-hybridized carbons (Fsp3) is 0.400. The van der Waals surface area contributed by atoms with Crippen LogP contribution in [0.4, 0.5) is 11.5 Å². The van der Waals surface area contributed by atoms with Gasteiger partial charge in [-0.2, -0.15) is 0 Å². The first kappa shape index (κ1) is 12.5. The monoisotopic (exact) mass is 267 g/mol. The highest BCUT2D eigenvalue weighted by molar-refractivity contribution is 7.09. The lowest BCUT2D eigenvalue weighted by atomic mass is 10.4. The van der Waals surface area contributed by atoms with Gasteiger partial charge in [0.25, 0.3) is 0 Å². The molecule has 0 aliphatic carbocycles. The van der Waals surface area contributed by atoms with Gasteiger partial charge < -0.3 is 5.32 Å². The van der Waals surface area contributed by atoms with Gasteiger partial charge in [-0.05, 0) is 6.92 Å². The van der Waals surface area contributed by atoms with Gasteiger partial charge in [0, 0.05) is 31.1 Å². The molecule has 0 radical (unpaired) electrons. The molecule has 2 heterocycles. The molecule has 7 nitrogen and oxygen atoms in total. The van der Waals surface area contributed by atoms with Gasteiger partial charge >= 0.3 is 5.69 Å². The third kappa shape index (κ3) is 2.83. The van der Waals surface area contributed by atoms with Crippen molar-refractivity contribution in [2.45, 2.75) is 13.3 Å². The van der Waals surface area contributed by atoms with Crippen molar-refractivity contribution < 1.29 is 4.92 Å². The van der Waals surface area contributed by atoms with E-state index in [1.165, 1.54) is 10.9 Å². The minimum atomic E-state index is -0.442. The number of hydrogen-bond donors (Lipinski definition) is 1. The zero-order valence-corrected chi connectivity index (χ0v) is 10.9. The molecule has 0 atom stereocenters.